The summed E-state index contributed by atoms with van der Waals surface area (Å²) in [5.74, 6) is 0.695. The van der Waals surface area contributed by atoms with Crippen LogP contribution >= 0.6 is 0 Å². The third-order valence-electron chi connectivity index (χ3n) is 3.28. The SMILES string of the molecule is CCCCC(CC)CNS(=O)(=O)CCCNC(C)C. The van der Waals surface area contributed by atoms with Crippen LogP contribution in [0.15, 0.2) is 0 Å². The maximum atomic E-state index is 11.8. The summed E-state index contributed by atoms with van der Waals surface area (Å²) in [6.07, 6.45) is 5.17. The van der Waals surface area contributed by atoms with Gasteiger partial charge in [-0.1, -0.05) is 47.0 Å². The molecule has 0 aliphatic heterocycles. The van der Waals surface area contributed by atoms with Crippen molar-refractivity contribution in [3.05, 3.63) is 0 Å². The highest BCUT2D eigenvalue weighted by Crippen LogP contribution is 2.11. The zero-order valence-electron chi connectivity index (χ0n) is 13.0. The van der Waals surface area contributed by atoms with Crippen LogP contribution in [0, 0.1) is 5.92 Å². The fourth-order valence-corrected chi connectivity index (χ4v) is 3.07. The van der Waals surface area contributed by atoms with E-state index in [2.05, 4.69) is 37.7 Å². The molecule has 0 spiro atoms. The molecule has 0 aliphatic carbocycles. The van der Waals surface area contributed by atoms with Crippen molar-refractivity contribution in [1.29, 1.82) is 0 Å². The molecule has 2 N–H and O–H groups in total. The molecule has 0 bridgehead atoms. The minimum atomic E-state index is -3.10. The highest BCUT2D eigenvalue weighted by Gasteiger charge is 2.13. The molecule has 0 rings (SSSR count). The van der Waals surface area contributed by atoms with E-state index in [9.17, 15) is 8.42 Å². The zero-order valence-corrected chi connectivity index (χ0v) is 13.9. The molecule has 0 aliphatic rings. The lowest BCUT2D eigenvalue weighted by molar-refractivity contribution is 0.443. The van der Waals surface area contributed by atoms with Crippen LogP contribution in [0.4, 0.5) is 0 Å². The standard InChI is InChI=1S/C14H32N2O2S/c1-5-7-9-14(6-2)12-16-19(17,18)11-8-10-15-13(3)4/h13-16H,5-12H2,1-4H3. The lowest BCUT2D eigenvalue weighted by atomic mass is 10.00. The Bertz CT molecular complexity index is 303. The van der Waals surface area contributed by atoms with Gasteiger partial charge in [-0.15, -0.1) is 0 Å². The topological polar surface area (TPSA) is 58.2 Å². The van der Waals surface area contributed by atoms with Crippen LogP contribution < -0.4 is 10.0 Å². The third-order valence-corrected chi connectivity index (χ3v) is 4.71. The second-order valence-corrected chi connectivity index (χ2v) is 7.47. The first-order chi connectivity index (χ1) is 8.91. The largest absolute Gasteiger partial charge is 0.314 e. The van der Waals surface area contributed by atoms with E-state index in [0.717, 1.165) is 19.4 Å². The average molecular weight is 292 g/mol. The summed E-state index contributed by atoms with van der Waals surface area (Å²) < 4.78 is 26.4. The van der Waals surface area contributed by atoms with Crippen LogP contribution in [-0.4, -0.2) is 33.3 Å². The van der Waals surface area contributed by atoms with E-state index in [1.54, 1.807) is 0 Å². The van der Waals surface area contributed by atoms with Gasteiger partial charge in [-0.25, -0.2) is 13.1 Å². The van der Waals surface area contributed by atoms with Crippen LogP contribution in [0.2, 0.25) is 0 Å². The molecular formula is C14H32N2O2S. The zero-order chi connectivity index (χ0) is 14.7. The molecule has 4 nitrogen and oxygen atoms in total. The van der Waals surface area contributed by atoms with Gasteiger partial charge < -0.3 is 5.32 Å². The van der Waals surface area contributed by atoms with E-state index in [1.165, 1.54) is 12.8 Å². The number of hydrogen-bond acceptors (Lipinski definition) is 3. The summed E-state index contributed by atoms with van der Waals surface area (Å²) in [6.45, 7) is 9.76. The van der Waals surface area contributed by atoms with Gasteiger partial charge in [0.05, 0.1) is 5.75 Å². The molecular weight excluding hydrogens is 260 g/mol. The predicted molar refractivity (Wildman–Crippen MR) is 82.9 cm³/mol. The first-order valence-electron chi connectivity index (χ1n) is 7.62. The van der Waals surface area contributed by atoms with Gasteiger partial charge in [0.15, 0.2) is 0 Å². The molecule has 0 fully saturated rings. The molecule has 0 saturated carbocycles. The van der Waals surface area contributed by atoms with Gasteiger partial charge in [0.25, 0.3) is 0 Å². The fraction of sp³-hybridized carbons (Fsp3) is 1.00. The number of nitrogens with one attached hydrogen (secondary N) is 2. The second kappa shape index (κ2) is 10.6. The highest BCUT2D eigenvalue weighted by molar-refractivity contribution is 7.89. The van der Waals surface area contributed by atoms with Crippen molar-refractivity contribution < 1.29 is 8.42 Å². The Kier molecular flexibility index (Phi) is 10.6. The van der Waals surface area contributed by atoms with E-state index < -0.39 is 10.0 Å². The van der Waals surface area contributed by atoms with Crippen molar-refractivity contribution in [1.82, 2.24) is 10.0 Å². The Hall–Kier alpha value is -0.130. The van der Waals surface area contributed by atoms with Gasteiger partial charge in [0.2, 0.25) is 10.0 Å². The molecule has 1 unspecified atom stereocenters. The van der Waals surface area contributed by atoms with E-state index in [-0.39, 0.29) is 5.75 Å². The number of hydrogen-bond donors (Lipinski definition) is 2. The van der Waals surface area contributed by atoms with Gasteiger partial charge in [-0.2, -0.15) is 0 Å². The van der Waals surface area contributed by atoms with Gasteiger partial charge in [-0.3, -0.25) is 0 Å². The molecule has 0 saturated heterocycles. The van der Waals surface area contributed by atoms with Gasteiger partial charge in [-0.05, 0) is 25.3 Å². The van der Waals surface area contributed by atoms with Crippen molar-refractivity contribution in [2.24, 2.45) is 5.92 Å². The van der Waals surface area contributed by atoms with Crippen molar-refractivity contribution in [2.45, 2.75) is 65.8 Å². The summed E-state index contributed by atoms with van der Waals surface area (Å²) in [5, 5.41) is 3.23. The normalized spacial score (nSPS) is 13.9. The summed E-state index contributed by atoms with van der Waals surface area (Å²) in [5.41, 5.74) is 0. The van der Waals surface area contributed by atoms with Crippen LogP contribution in [0.25, 0.3) is 0 Å². The first-order valence-corrected chi connectivity index (χ1v) is 9.27. The Balaban J connectivity index is 3.87. The molecule has 0 heterocycles. The van der Waals surface area contributed by atoms with Crippen molar-refractivity contribution in [3.63, 3.8) is 0 Å². The second-order valence-electron chi connectivity index (χ2n) is 5.55. The smallest absolute Gasteiger partial charge is 0.211 e. The molecule has 0 amide bonds. The summed E-state index contributed by atoms with van der Waals surface area (Å²) in [6, 6.07) is 0.411. The molecule has 0 aromatic heterocycles. The molecule has 1 atom stereocenters. The fourth-order valence-electron chi connectivity index (χ4n) is 1.91. The highest BCUT2D eigenvalue weighted by atomic mass is 32.2. The minimum absolute atomic E-state index is 0.219. The van der Waals surface area contributed by atoms with Crippen molar-refractivity contribution in [2.75, 3.05) is 18.8 Å². The maximum Gasteiger partial charge on any atom is 0.211 e. The van der Waals surface area contributed by atoms with Gasteiger partial charge in [0.1, 0.15) is 0 Å². The maximum absolute atomic E-state index is 11.8. The number of sulfonamides is 1. The van der Waals surface area contributed by atoms with Crippen LogP contribution in [-0.2, 0) is 10.0 Å². The molecule has 0 aromatic rings. The van der Waals surface area contributed by atoms with Gasteiger partial charge >= 0.3 is 0 Å². The number of rotatable bonds is 12. The Morgan fingerprint density at radius 1 is 1.11 bits per heavy atom. The predicted octanol–water partition coefficient (Wildman–Crippen LogP) is 2.51. The van der Waals surface area contributed by atoms with Gasteiger partial charge in [0, 0.05) is 12.6 Å². The Morgan fingerprint density at radius 3 is 2.32 bits per heavy atom. The van der Waals surface area contributed by atoms with E-state index in [0.29, 0.717) is 24.9 Å². The number of unbranched alkanes of at least 4 members (excludes halogenated alkanes) is 1. The van der Waals surface area contributed by atoms with Crippen LogP contribution in [0.5, 0.6) is 0 Å². The van der Waals surface area contributed by atoms with Crippen molar-refractivity contribution >= 4 is 10.0 Å². The molecule has 116 valence electrons. The van der Waals surface area contributed by atoms with E-state index >= 15 is 0 Å². The minimum Gasteiger partial charge on any atom is -0.314 e. The Morgan fingerprint density at radius 2 is 1.79 bits per heavy atom. The van der Waals surface area contributed by atoms with Crippen LogP contribution in [0.1, 0.15) is 59.8 Å². The quantitative estimate of drug-likeness (QED) is 0.543. The average Bonchev–Trinajstić information content (AvgIpc) is 2.35. The molecule has 0 aromatic carbocycles. The van der Waals surface area contributed by atoms with Crippen LogP contribution in [0.3, 0.4) is 0 Å². The summed E-state index contributed by atoms with van der Waals surface area (Å²) in [4.78, 5) is 0. The van der Waals surface area contributed by atoms with E-state index in [1.807, 2.05) is 0 Å². The molecule has 19 heavy (non-hydrogen) atoms. The molecule has 0 radical (unpaired) electrons. The lowest BCUT2D eigenvalue weighted by Gasteiger charge is -2.15. The van der Waals surface area contributed by atoms with E-state index in [4.69, 9.17) is 0 Å². The molecule has 5 heteroatoms. The monoisotopic (exact) mass is 292 g/mol. The lowest BCUT2D eigenvalue weighted by Crippen LogP contribution is -2.33. The Labute approximate surface area is 119 Å². The first kappa shape index (κ1) is 18.9. The van der Waals surface area contributed by atoms with Crippen molar-refractivity contribution in [3.8, 4) is 0 Å². The summed E-state index contributed by atoms with van der Waals surface area (Å²) in [7, 11) is -3.10. The summed E-state index contributed by atoms with van der Waals surface area (Å²) >= 11 is 0. The third kappa shape index (κ3) is 11.4.